The van der Waals surface area contributed by atoms with E-state index in [1.165, 1.54) is 245 Å². The first-order valence-corrected chi connectivity index (χ1v) is 44.3. The Kier molecular flexibility index (Phi) is 15.8. The van der Waals surface area contributed by atoms with Crippen molar-refractivity contribution < 1.29 is 0 Å². The molecule has 4 heteroatoms. The number of fused-ring (bicyclic) bond motifs is 33. The third-order valence-electron chi connectivity index (χ3n) is 27.7. The first-order valence-electron chi connectivity index (χ1n) is 44.3. The minimum absolute atomic E-state index is 1.16. The minimum Gasteiger partial charge on any atom is -0.309 e. The van der Waals surface area contributed by atoms with Gasteiger partial charge >= 0.3 is 0 Å². The molecule has 28 aromatic rings. The largest absolute Gasteiger partial charge is 0.309 e. The summed E-state index contributed by atoms with van der Waals surface area (Å²) in [5.41, 5.74) is 24.0. The number of hydrogen-bond acceptors (Lipinski definition) is 0. The maximum Gasteiger partial charge on any atom is 0.0547 e. The van der Waals surface area contributed by atoms with Gasteiger partial charge in [0.1, 0.15) is 0 Å². The summed E-state index contributed by atoms with van der Waals surface area (Å²) >= 11 is 0. The van der Waals surface area contributed by atoms with Crippen LogP contribution in [0.2, 0.25) is 0 Å². The SMILES string of the molecule is c1ccc(-c2ccc(-n3c4ccccc4c4cc(-c5ccc6c(c5)c5ccccc5n6-c5cc6c7ccccc7c7ccccc7c6c6c5ccc5ccccc56)ccc43)cc2)cc1.c1ccc(-c2ccc(-n3c4ccccc4c4cc(-c5ccc6c(c5)c5ccccc5n6-c5ccc6c7ccccc7c7c8ccccc8c8ccccc8c7c6c5)ccc43)cc2)cc1. The minimum atomic E-state index is 1.16. The van der Waals surface area contributed by atoms with Gasteiger partial charge in [0.2, 0.25) is 0 Å². The van der Waals surface area contributed by atoms with Crippen LogP contribution in [0.5, 0.6) is 0 Å². The third-order valence-corrected chi connectivity index (χ3v) is 27.7. The van der Waals surface area contributed by atoms with Crippen molar-refractivity contribution >= 4 is 195 Å². The smallest absolute Gasteiger partial charge is 0.0547 e. The summed E-state index contributed by atoms with van der Waals surface area (Å²) in [5.74, 6) is 0. The lowest BCUT2D eigenvalue weighted by molar-refractivity contribution is 1.18. The first-order chi connectivity index (χ1) is 63.5. The lowest BCUT2D eigenvalue weighted by Gasteiger charge is -2.19. The van der Waals surface area contributed by atoms with Crippen LogP contribution < -0.4 is 0 Å². The highest BCUT2D eigenvalue weighted by Gasteiger charge is 2.25. The van der Waals surface area contributed by atoms with Gasteiger partial charge in [-0.15, -0.1) is 0 Å². The normalized spacial score (nSPS) is 12.1. The van der Waals surface area contributed by atoms with Crippen molar-refractivity contribution in [2.45, 2.75) is 0 Å². The molecule has 4 heterocycles. The molecule has 0 aliphatic carbocycles. The van der Waals surface area contributed by atoms with Crippen molar-refractivity contribution in [1.29, 1.82) is 0 Å². The molecule has 0 fully saturated rings. The average molecular weight is 1620 g/mol. The van der Waals surface area contributed by atoms with Gasteiger partial charge in [-0.25, -0.2) is 0 Å². The molecule has 4 aromatic heterocycles. The molecule has 0 spiro atoms. The van der Waals surface area contributed by atoms with E-state index in [0.717, 1.165) is 17.1 Å². The number of aromatic nitrogens is 4. The number of nitrogens with zero attached hydrogens (tertiary/aromatic N) is 4. The van der Waals surface area contributed by atoms with E-state index in [2.05, 4.69) is 479 Å². The van der Waals surface area contributed by atoms with Gasteiger partial charge in [-0.1, -0.05) is 346 Å². The zero-order valence-corrected chi connectivity index (χ0v) is 69.7. The molecule has 0 unspecified atom stereocenters. The van der Waals surface area contributed by atoms with Gasteiger partial charge in [-0.05, 0) is 257 Å². The van der Waals surface area contributed by atoms with Crippen molar-refractivity contribution in [2.75, 3.05) is 0 Å². The van der Waals surface area contributed by atoms with Crippen LogP contribution in [0.25, 0.3) is 262 Å². The lowest BCUT2D eigenvalue weighted by Crippen LogP contribution is -1.97. The van der Waals surface area contributed by atoms with E-state index >= 15 is 0 Å². The van der Waals surface area contributed by atoms with E-state index < -0.39 is 0 Å². The molecule has 24 aromatic carbocycles. The molecule has 0 saturated heterocycles. The van der Waals surface area contributed by atoms with Gasteiger partial charge in [-0.3, -0.25) is 0 Å². The van der Waals surface area contributed by atoms with Crippen molar-refractivity contribution in [3.63, 3.8) is 0 Å². The van der Waals surface area contributed by atoms with Crippen LogP contribution in [0.3, 0.4) is 0 Å². The molecule has 0 atom stereocenters. The van der Waals surface area contributed by atoms with Crippen molar-refractivity contribution in [3.8, 4) is 67.3 Å². The van der Waals surface area contributed by atoms with Crippen LogP contribution in [0, 0.1) is 0 Å². The molecule has 4 nitrogen and oxygen atoms in total. The van der Waals surface area contributed by atoms with Gasteiger partial charge in [0.25, 0.3) is 0 Å². The van der Waals surface area contributed by atoms with Crippen molar-refractivity contribution in [3.05, 3.63) is 461 Å². The Hall–Kier alpha value is -16.9. The van der Waals surface area contributed by atoms with E-state index in [1.807, 2.05) is 0 Å². The van der Waals surface area contributed by atoms with Crippen molar-refractivity contribution in [1.82, 2.24) is 18.3 Å². The zero-order valence-electron chi connectivity index (χ0n) is 69.7. The van der Waals surface area contributed by atoms with E-state index in [4.69, 9.17) is 0 Å². The second kappa shape index (κ2) is 28.3. The Morgan fingerprint density at radius 3 is 0.750 bits per heavy atom. The maximum atomic E-state index is 2.52. The molecule has 128 heavy (non-hydrogen) atoms. The molecule has 0 aliphatic rings. The highest BCUT2D eigenvalue weighted by molar-refractivity contribution is 6.40. The number of benzene rings is 24. The number of hydrogen-bond donors (Lipinski definition) is 0. The first kappa shape index (κ1) is 71.6. The second-order valence-corrected chi connectivity index (χ2v) is 34.4. The van der Waals surface area contributed by atoms with Crippen LogP contribution in [0.1, 0.15) is 0 Å². The fourth-order valence-electron chi connectivity index (χ4n) is 22.1. The highest BCUT2D eigenvalue weighted by Crippen LogP contribution is 2.50. The average Bonchev–Trinajstić information content (AvgIpc) is 1.08. The van der Waals surface area contributed by atoms with Crippen LogP contribution in [-0.4, -0.2) is 18.3 Å². The molecule has 28 rings (SSSR count). The summed E-state index contributed by atoms with van der Waals surface area (Å²) in [7, 11) is 0. The molecular weight excluding hydrogens is 1550 g/mol. The van der Waals surface area contributed by atoms with Gasteiger partial charge in [-0.2, -0.15) is 0 Å². The van der Waals surface area contributed by atoms with Crippen LogP contribution in [-0.2, 0) is 0 Å². The Morgan fingerprint density at radius 2 is 0.352 bits per heavy atom. The highest BCUT2D eigenvalue weighted by atomic mass is 15.0. The van der Waals surface area contributed by atoms with Crippen LogP contribution >= 0.6 is 0 Å². The molecule has 0 saturated carbocycles. The molecular formula is C124H76N4. The Bertz CT molecular complexity index is 9480. The lowest BCUT2D eigenvalue weighted by atomic mass is 9.87. The van der Waals surface area contributed by atoms with E-state index in [0.29, 0.717) is 0 Å². The van der Waals surface area contributed by atoms with Crippen LogP contribution in [0.4, 0.5) is 0 Å². The van der Waals surface area contributed by atoms with E-state index in [-0.39, 0.29) is 0 Å². The molecule has 0 radical (unpaired) electrons. The van der Waals surface area contributed by atoms with E-state index in [9.17, 15) is 0 Å². The molecule has 0 bridgehead atoms. The maximum absolute atomic E-state index is 2.52. The Morgan fingerprint density at radius 1 is 0.109 bits per heavy atom. The predicted octanol–water partition coefficient (Wildman–Crippen LogP) is 34.0. The Balaban J connectivity index is 0.000000132. The van der Waals surface area contributed by atoms with Crippen LogP contribution in [0.15, 0.2) is 461 Å². The summed E-state index contributed by atoms with van der Waals surface area (Å²) in [6, 6.07) is 171. The predicted molar refractivity (Wildman–Crippen MR) is 547 cm³/mol. The van der Waals surface area contributed by atoms with Gasteiger partial charge in [0.15, 0.2) is 0 Å². The van der Waals surface area contributed by atoms with Gasteiger partial charge in [0, 0.05) is 70.9 Å². The van der Waals surface area contributed by atoms with Crippen molar-refractivity contribution in [2.24, 2.45) is 0 Å². The van der Waals surface area contributed by atoms with Gasteiger partial charge < -0.3 is 18.3 Å². The monoisotopic (exact) mass is 1620 g/mol. The molecule has 592 valence electrons. The fraction of sp³-hybridized carbons (Fsp3) is 0. The van der Waals surface area contributed by atoms with E-state index in [1.54, 1.807) is 0 Å². The summed E-state index contributed by atoms with van der Waals surface area (Å²) in [5, 5.41) is 35.7. The second-order valence-electron chi connectivity index (χ2n) is 34.4. The zero-order chi connectivity index (χ0) is 83.8. The summed E-state index contributed by atoms with van der Waals surface area (Å²) in [4.78, 5) is 0. The summed E-state index contributed by atoms with van der Waals surface area (Å²) < 4.78 is 9.80. The fourth-order valence-corrected chi connectivity index (χ4v) is 22.1. The topological polar surface area (TPSA) is 19.7 Å². The number of rotatable bonds is 8. The molecule has 0 aliphatic heterocycles. The molecule has 0 N–H and O–H groups in total. The quantitative estimate of drug-likeness (QED) is 0.135. The summed E-state index contributed by atoms with van der Waals surface area (Å²) in [6.45, 7) is 0. The third kappa shape index (κ3) is 10.8. The Labute approximate surface area is 736 Å². The standard InChI is InChI=1S/2C62H38N2/c1-2-14-39(15-3-1)40-26-30-43(31-27-40)63-57-24-12-10-19-49(57)54-36-41(28-34-59(54)63)42-29-35-60-55(37-42)50-20-11-13-25-58(50)64(60)44-32-33-48-47-18-6-8-22-52(47)61-51-21-7-4-16-45(51)46-17-5-9-23-53(46)62(61)56(48)38-44;1-2-14-39(15-3-1)40-26-31-44(32-27-40)63-56-24-12-10-21-49(56)53-36-42(29-34-58(53)63)43-30-35-59-54(37-43)50-22-11-13-25-57(50)64(59)60-38-55-48-20-7-6-18-46(48)47-19-8-9-23-51(47)62(55)61-45-17-5-4-16-41(45)28-33-52(60)61/h2*1-38H. The summed E-state index contributed by atoms with van der Waals surface area (Å²) in [6.07, 6.45) is 0. The number of para-hydroxylation sites is 4. The van der Waals surface area contributed by atoms with Gasteiger partial charge in [0.05, 0.1) is 49.8 Å². The molecule has 0 amide bonds.